The van der Waals surface area contributed by atoms with Gasteiger partial charge in [-0.15, -0.1) is 0 Å². The summed E-state index contributed by atoms with van der Waals surface area (Å²) in [7, 11) is -3.16. The number of epoxide rings is 1. The lowest BCUT2D eigenvalue weighted by molar-refractivity contribution is 0.322. The van der Waals surface area contributed by atoms with E-state index in [1.165, 1.54) is 5.56 Å². The third-order valence-corrected chi connectivity index (χ3v) is 6.19. The van der Waals surface area contributed by atoms with Crippen molar-refractivity contribution in [1.29, 1.82) is 0 Å². The maximum Gasteiger partial charge on any atom is 0.180 e. The van der Waals surface area contributed by atoms with E-state index in [9.17, 15) is 8.42 Å². The van der Waals surface area contributed by atoms with Gasteiger partial charge in [-0.05, 0) is 50.3 Å². The molecule has 0 N–H and O–H groups in total. The Labute approximate surface area is 122 Å². The number of sulfone groups is 1. The molecule has 3 atom stereocenters. The van der Waals surface area contributed by atoms with Crippen LogP contribution in [0.2, 0.25) is 0 Å². The molecule has 0 amide bonds. The topological polar surface area (TPSA) is 46.7 Å². The van der Waals surface area contributed by atoms with Crippen LogP contribution < -0.4 is 0 Å². The first-order valence-corrected chi connectivity index (χ1v) is 8.89. The minimum absolute atomic E-state index is 0.374. The molecule has 0 spiro atoms. The van der Waals surface area contributed by atoms with E-state index in [1.807, 2.05) is 12.1 Å². The van der Waals surface area contributed by atoms with Crippen LogP contribution in [0.4, 0.5) is 0 Å². The van der Waals surface area contributed by atoms with E-state index in [1.54, 1.807) is 26.0 Å². The largest absolute Gasteiger partial charge is 0.369 e. The van der Waals surface area contributed by atoms with Gasteiger partial charge in [0.2, 0.25) is 0 Å². The second-order valence-corrected chi connectivity index (χ2v) is 8.47. The van der Waals surface area contributed by atoms with E-state index in [-0.39, 0.29) is 5.25 Å². The van der Waals surface area contributed by atoms with Crippen molar-refractivity contribution in [2.75, 3.05) is 0 Å². The van der Waals surface area contributed by atoms with Gasteiger partial charge in [-0.25, -0.2) is 8.42 Å². The van der Waals surface area contributed by atoms with Gasteiger partial charge in [0.1, 0.15) is 0 Å². The van der Waals surface area contributed by atoms with Crippen molar-refractivity contribution in [2.24, 2.45) is 5.92 Å². The average Bonchev–Trinajstić information content (AvgIpc) is 3.18. The Balaban J connectivity index is 2.02. The van der Waals surface area contributed by atoms with Crippen LogP contribution in [0.3, 0.4) is 0 Å². The van der Waals surface area contributed by atoms with Crippen LogP contribution >= 0.6 is 0 Å². The van der Waals surface area contributed by atoms with Crippen LogP contribution in [0.15, 0.2) is 29.2 Å². The van der Waals surface area contributed by atoms with Gasteiger partial charge in [0.15, 0.2) is 9.84 Å². The number of hydrogen-bond donors (Lipinski definition) is 0. The summed E-state index contributed by atoms with van der Waals surface area (Å²) in [6.45, 7) is 7.75. The third kappa shape index (κ3) is 3.23. The standard InChI is InChI=1S/C16H24O3S/c1-5-15-16(19-15)12(4)10-13-6-8-14(9-7-13)20(17,18)11(2)3/h6-9,11-12,15-16H,5,10H2,1-4H3. The molecule has 0 aliphatic carbocycles. The van der Waals surface area contributed by atoms with E-state index < -0.39 is 9.84 Å². The molecule has 1 aromatic rings. The quantitative estimate of drug-likeness (QED) is 0.757. The fraction of sp³-hybridized carbons (Fsp3) is 0.625. The van der Waals surface area contributed by atoms with Crippen molar-refractivity contribution in [2.45, 2.75) is 62.9 Å². The Morgan fingerprint density at radius 1 is 1.15 bits per heavy atom. The van der Waals surface area contributed by atoms with Crippen molar-refractivity contribution in [3.05, 3.63) is 29.8 Å². The van der Waals surface area contributed by atoms with Crippen LogP contribution in [0.25, 0.3) is 0 Å². The molecule has 4 heteroatoms. The van der Waals surface area contributed by atoms with E-state index in [0.29, 0.717) is 23.0 Å². The number of rotatable bonds is 6. The Morgan fingerprint density at radius 2 is 1.75 bits per heavy atom. The van der Waals surface area contributed by atoms with Crippen molar-refractivity contribution in [3.63, 3.8) is 0 Å². The summed E-state index contributed by atoms with van der Waals surface area (Å²) in [5, 5.41) is -0.377. The molecule has 3 nitrogen and oxygen atoms in total. The Bertz CT molecular complexity index is 546. The van der Waals surface area contributed by atoms with Crippen molar-refractivity contribution in [3.8, 4) is 0 Å². The predicted molar refractivity (Wildman–Crippen MR) is 80.6 cm³/mol. The highest BCUT2D eigenvalue weighted by Crippen LogP contribution is 2.33. The van der Waals surface area contributed by atoms with Gasteiger partial charge in [0.25, 0.3) is 0 Å². The number of ether oxygens (including phenoxy) is 1. The van der Waals surface area contributed by atoms with E-state index >= 15 is 0 Å². The maximum atomic E-state index is 12.0. The molecule has 0 saturated carbocycles. The molecule has 3 unspecified atom stereocenters. The SMILES string of the molecule is CCC1OC1C(C)Cc1ccc(S(=O)(=O)C(C)C)cc1. The minimum atomic E-state index is -3.16. The second-order valence-electron chi connectivity index (χ2n) is 5.97. The van der Waals surface area contributed by atoms with Crippen LogP contribution in [-0.2, 0) is 21.0 Å². The molecule has 0 bridgehead atoms. The third-order valence-electron chi connectivity index (χ3n) is 4.02. The molecule has 1 aromatic carbocycles. The molecule has 1 aliphatic heterocycles. The summed E-state index contributed by atoms with van der Waals surface area (Å²) in [6, 6.07) is 7.30. The average molecular weight is 296 g/mol. The fourth-order valence-corrected chi connectivity index (χ4v) is 3.62. The van der Waals surface area contributed by atoms with Crippen LogP contribution in [0, 0.1) is 5.92 Å². The maximum absolute atomic E-state index is 12.0. The Morgan fingerprint density at radius 3 is 2.20 bits per heavy atom. The summed E-state index contributed by atoms with van der Waals surface area (Å²) in [5.41, 5.74) is 1.17. The molecule has 1 fully saturated rings. The molecule has 0 aromatic heterocycles. The van der Waals surface area contributed by atoms with Gasteiger partial charge in [-0.3, -0.25) is 0 Å². The zero-order valence-electron chi connectivity index (χ0n) is 12.7. The fourth-order valence-electron chi connectivity index (χ4n) is 2.56. The highest BCUT2D eigenvalue weighted by atomic mass is 32.2. The van der Waals surface area contributed by atoms with Gasteiger partial charge in [0, 0.05) is 0 Å². The molecular formula is C16H24O3S. The second kappa shape index (κ2) is 5.86. The smallest absolute Gasteiger partial charge is 0.180 e. The molecule has 2 rings (SSSR count). The number of hydrogen-bond acceptors (Lipinski definition) is 3. The zero-order chi connectivity index (χ0) is 14.9. The van der Waals surface area contributed by atoms with Gasteiger partial charge in [0.05, 0.1) is 22.4 Å². The van der Waals surface area contributed by atoms with Crippen LogP contribution in [-0.4, -0.2) is 25.9 Å². The van der Waals surface area contributed by atoms with Crippen LogP contribution in [0.1, 0.15) is 39.7 Å². The Hall–Kier alpha value is -0.870. The van der Waals surface area contributed by atoms with Gasteiger partial charge >= 0.3 is 0 Å². The summed E-state index contributed by atoms with van der Waals surface area (Å²) >= 11 is 0. The highest BCUT2D eigenvalue weighted by molar-refractivity contribution is 7.92. The summed E-state index contributed by atoms with van der Waals surface area (Å²) < 4.78 is 29.7. The van der Waals surface area contributed by atoms with Gasteiger partial charge < -0.3 is 4.74 Å². The number of benzene rings is 1. The zero-order valence-corrected chi connectivity index (χ0v) is 13.5. The summed E-state index contributed by atoms with van der Waals surface area (Å²) in [6.07, 6.45) is 2.80. The van der Waals surface area contributed by atoms with Gasteiger partial charge in [-0.2, -0.15) is 0 Å². The van der Waals surface area contributed by atoms with Gasteiger partial charge in [-0.1, -0.05) is 26.0 Å². The molecule has 0 radical (unpaired) electrons. The lowest BCUT2D eigenvalue weighted by Gasteiger charge is -2.11. The highest BCUT2D eigenvalue weighted by Gasteiger charge is 2.40. The van der Waals surface area contributed by atoms with Crippen molar-refractivity contribution in [1.82, 2.24) is 0 Å². The molecule has 1 aliphatic rings. The van der Waals surface area contributed by atoms with Crippen LogP contribution in [0.5, 0.6) is 0 Å². The monoisotopic (exact) mass is 296 g/mol. The predicted octanol–water partition coefficient (Wildman–Crippen LogP) is 3.22. The van der Waals surface area contributed by atoms with Crippen molar-refractivity contribution < 1.29 is 13.2 Å². The summed E-state index contributed by atoms with van der Waals surface area (Å²) in [5.74, 6) is 0.479. The molecular weight excluding hydrogens is 272 g/mol. The van der Waals surface area contributed by atoms with E-state index in [4.69, 9.17) is 4.74 Å². The van der Waals surface area contributed by atoms with E-state index in [2.05, 4.69) is 13.8 Å². The Kier molecular flexibility index (Phi) is 4.55. The van der Waals surface area contributed by atoms with E-state index in [0.717, 1.165) is 12.8 Å². The molecule has 112 valence electrons. The first-order chi connectivity index (χ1) is 9.36. The minimum Gasteiger partial charge on any atom is -0.369 e. The molecule has 20 heavy (non-hydrogen) atoms. The molecule has 1 saturated heterocycles. The lowest BCUT2D eigenvalue weighted by Crippen LogP contribution is -2.14. The van der Waals surface area contributed by atoms with Crippen molar-refractivity contribution >= 4 is 9.84 Å². The first kappa shape index (κ1) is 15.5. The molecule has 1 heterocycles. The normalized spacial score (nSPS) is 23.9. The lowest BCUT2D eigenvalue weighted by atomic mass is 9.96. The summed E-state index contributed by atoms with van der Waals surface area (Å²) in [4.78, 5) is 0.415. The first-order valence-electron chi connectivity index (χ1n) is 7.34.